The van der Waals surface area contributed by atoms with Crippen LogP contribution in [0.3, 0.4) is 0 Å². The highest BCUT2D eigenvalue weighted by atomic mass is 19.4. The Balaban J connectivity index is 2.10. The van der Waals surface area contributed by atoms with Gasteiger partial charge in [-0.25, -0.2) is 4.98 Å². The lowest BCUT2D eigenvalue weighted by Gasteiger charge is -2.35. The van der Waals surface area contributed by atoms with Crippen LogP contribution >= 0.6 is 0 Å². The summed E-state index contributed by atoms with van der Waals surface area (Å²) in [4.78, 5) is 6.64. The Morgan fingerprint density at radius 2 is 2.00 bits per heavy atom. The van der Waals surface area contributed by atoms with Crippen LogP contribution in [0.25, 0.3) is 0 Å². The number of nitrogens with zero attached hydrogens (tertiary/aromatic N) is 2. The molecule has 112 valence electrons. The molecule has 2 rings (SSSR count). The number of aliphatic hydroxyl groups excluding tert-OH is 2. The van der Waals surface area contributed by atoms with Crippen LogP contribution < -0.4 is 4.74 Å². The number of halogens is 3. The van der Waals surface area contributed by atoms with Crippen LogP contribution in [-0.2, 0) is 10.9 Å². The largest absolute Gasteiger partial charge is 0.468 e. The van der Waals surface area contributed by atoms with Crippen molar-refractivity contribution in [1.29, 1.82) is 0 Å². The fourth-order valence-electron chi connectivity index (χ4n) is 1.74. The fourth-order valence-corrected chi connectivity index (χ4v) is 1.74. The number of aliphatic hydroxyl groups is 2. The average Bonchev–Trinajstić information content (AvgIpc) is 2.39. The number of alkyl halides is 3. The van der Waals surface area contributed by atoms with E-state index in [4.69, 9.17) is 9.47 Å². The summed E-state index contributed by atoms with van der Waals surface area (Å²) in [5, 5.41) is 19.4. The van der Waals surface area contributed by atoms with E-state index in [-0.39, 0.29) is 6.61 Å². The van der Waals surface area contributed by atoms with Gasteiger partial charge in [-0.3, -0.25) is 4.98 Å². The summed E-state index contributed by atoms with van der Waals surface area (Å²) in [6, 6.07) is 0. The van der Waals surface area contributed by atoms with Crippen molar-refractivity contribution in [1.82, 2.24) is 9.97 Å². The van der Waals surface area contributed by atoms with E-state index in [1.807, 2.05) is 0 Å². The lowest BCUT2D eigenvalue weighted by Crippen LogP contribution is -2.54. The zero-order valence-corrected chi connectivity index (χ0v) is 10.4. The molecule has 6 nitrogen and oxygen atoms in total. The van der Waals surface area contributed by atoms with Gasteiger partial charge in [-0.2, -0.15) is 13.2 Å². The Hall–Kier alpha value is -1.45. The minimum absolute atomic E-state index is 0.0721. The molecular weight excluding hydrogens is 281 g/mol. The molecule has 1 saturated heterocycles. The van der Waals surface area contributed by atoms with Gasteiger partial charge in [0.2, 0.25) is 5.88 Å². The Bertz CT molecular complexity index is 471. The van der Waals surface area contributed by atoms with Gasteiger partial charge >= 0.3 is 6.18 Å². The minimum Gasteiger partial charge on any atom is -0.468 e. The van der Waals surface area contributed by atoms with Gasteiger partial charge in [0.25, 0.3) is 0 Å². The predicted molar refractivity (Wildman–Crippen MR) is 58.9 cm³/mol. The van der Waals surface area contributed by atoms with Crippen LogP contribution in [0.5, 0.6) is 5.88 Å². The lowest BCUT2D eigenvalue weighted by molar-refractivity contribution is -0.175. The third kappa shape index (κ3) is 3.17. The maximum absolute atomic E-state index is 12.5. The van der Waals surface area contributed by atoms with E-state index in [2.05, 4.69) is 9.97 Å². The molecular formula is C11H13F3N2O4. The fraction of sp³-hybridized carbons (Fsp3) is 0.636. The molecule has 0 bridgehead atoms. The summed E-state index contributed by atoms with van der Waals surface area (Å²) < 4.78 is 47.6. The average molecular weight is 294 g/mol. The first-order valence-corrected chi connectivity index (χ1v) is 5.82. The van der Waals surface area contributed by atoms with Crippen molar-refractivity contribution in [2.45, 2.75) is 37.5 Å². The number of hydrogen-bond acceptors (Lipinski definition) is 6. The second-order valence-electron chi connectivity index (χ2n) is 4.42. The molecule has 0 saturated carbocycles. The zero-order valence-electron chi connectivity index (χ0n) is 10.4. The molecule has 1 fully saturated rings. The lowest BCUT2D eigenvalue weighted by atomic mass is 10.0. The smallest absolute Gasteiger partial charge is 0.435 e. The first-order valence-electron chi connectivity index (χ1n) is 5.82. The summed E-state index contributed by atoms with van der Waals surface area (Å²) in [5.74, 6) is -0.394. The van der Waals surface area contributed by atoms with E-state index in [1.165, 1.54) is 0 Å². The van der Waals surface area contributed by atoms with Crippen LogP contribution in [0, 0.1) is 0 Å². The van der Waals surface area contributed by atoms with Crippen molar-refractivity contribution in [2.75, 3.05) is 6.61 Å². The molecule has 1 aliphatic rings. The van der Waals surface area contributed by atoms with Crippen molar-refractivity contribution in [3.63, 3.8) is 0 Å². The molecule has 1 aliphatic heterocycles. The van der Waals surface area contributed by atoms with E-state index in [0.717, 1.165) is 6.20 Å². The van der Waals surface area contributed by atoms with Crippen LogP contribution in [-0.4, -0.2) is 51.2 Å². The zero-order chi connectivity index (χ0) is 14.9. The molecule has 0 radical (unpaired) electrons. The van der Waals surface area contributed by atoms with Crippen molar-refractivity contribution >= 4 is 0 Å². The summed E-state index contributed by atoms with van der Waals surface area (Å²) in [5.41, 5.74) is -1.20. The topological polar surface area (TPSA) is 84.7 Å². The maximum Gasteiger partial charge on any atom is 0.435 e. The van der Waals surface area contributed by atoms with Gasteiger partial charge < -0.3 is 19.7 Å². The van der Waals surface area contributed by atoms with Gasteiger partial charge in [0.05, 0.1) is 25.1 Å². The SMILES string of the molecule is C[C@H]1OCC(Oc2cncc(C(F)(F)F)n2)[C@@H](O)[C@H]1O. The molecule has 1 aromatic rings. The van der Waals surface area contributed by atoms with Crippen LogP contribution in [0.1, 0.15) is 12.6 Å². The first-order chi connectivity index (χ1) is 9.29. The Morgan fingerprint density at radius 3 is 2.65 bits per heavy atom. The monoisotopic (exact) mass is 294 g/mol. The molecule has 2 heterocycles. The molecule has 0 aromatic carbocycles. The van der Waals surface area contributed by atoms with E-state index < -0.39 is 42.2 Å². The van der Waals surface area contributed by atoms with Crippen LogP contribution in [0.4, 0.5) is 13.2 Å². The third-order valence-corrected chi connectivity index (χ3v) is 2.91. The number of hydrogen-bond donors (Lipinski definition) is 2. The second kappa shape index (κ2) is 5.51. The molecule has 4 atom stereocenters. The maximum atomic E-state index is 12.5. The predicted octanol–water partition coefficient (Wildman–Crippen LogP) is 0.383. The molecule has 2 N–H and O–H groups in total. The van der Waals surface area contributed by atoms with Crippen molar-refractivity contribution in [3.8, 4) is 5.88 Å². The Morgan fingerprint density at radius 1 is 1.30 bits per heavy atom. The summed E-state index contributed by atoms with van der Waals surface area (Å²) >= 11 is 0. The molecule has 20 heavy (non-hydrogen) atoms. The highest BCUT2D eigenvalue weighted by Gasteiger charge is 2.38. The normalized spacial score (nSPS) is 31.1. The standard InChI is InChI=1S/C11H13F3N2O4/c1-5-9(17)10(18)6(4-19-5)20-8-3-15-2-7(16-8)11(12,13)14/h2-3,5-6,9-10,17-18H,4H2,1H3/t5-,6?,9+,10-/m1/s1. The molecule has 9 heteroatoms. The van der Waals surface area contributed by atoms with E-state index in [0.29, 0.717) is 6.20 Å². The van der Waals surface area contributed by atoms with Gasteiger partial charge in [-0.05, 0) is 6.92 Å². The van der Waals surface area contributed by atoms with Gasteiger partial charge in [0.1, 0.15) is 12.2 Å². The summed E-state index contributed by atoms with van der Waals surface area (Å²) in [6.45, 7) is 1.49. The van der Waals surface area contributed by atoms with Crippen molar-refractivity contribution < 1.29 is 32.9 Å². The van der Waals surface area contributed by atoms with E-state index in [1.54, 1.807) is 6.92 Å². The molecule has 1 aromatic heterocycles. The Labute approximate surface area is 112 Å². The van der Waals surface area contributed by atoms with Gasteiger partial charge in [0, 0.05) is 0 Å². The number of rotatable bonds is 2. The summed E-state index contributed by atoms with van der Waals surface area (Å²) in [7, 11) is 0. The van der Waals surface area contributed by atoms with E-state index >= 15 is 0 Å². The Kier molecular flexibility index (Phi) is 4.11. The van der Waals surface area contributed by atoms with Crippen molar-refractivity contribution in [2.24, 2.45) is 0 Å². The van der Waals surface area contributed by atoms with Crippen LogP contribution in [0.15, 0.2) is 12.4 Å². The minimum atomic E-state index is -4.64. The quantitative estimate of drug-likeness (QED) is 0.820. The third-order valence-electron chi connectivity index (χ3n) is 2.91. The highest BCUT2D eigenvalue weighted by Crippen LogP contribution is 2.28. The first kappa shape index (κ1) is 14.9. The molecule has 0 amide bonds. The van der Waals surface area contributed by atoms with Crippen LogP contribution in [0.2, 0.25) is 0 Å². The number of ether oxygens (including phenoxy) is 2. The van der Waals surface area contributed by atoms with Gasteiger partial charge in [-0.15, -0.1) is 0 Å². The summed E-state index contributed by atoms with van der Waals surface area (Å²) in [6.07, 6.45) is -7.15. The molecule has 0 aliphatic carbocycles. The molecule has 0 spiro atoms. The van der Waals surface area contributed by atoms with Crippen molar-refractivity contribution in [3.05, 3.63) is 18.1 Å². The molecule has 1 unspecified atom stereocenters. The van der Waals surface area contributed by atoms with Gasteiger partial charge in [-0.1, -0.05) is 0 Å². The van der Waals surface area contributed by atoms with Gasteiger partial charge in [0.15, 0.2) is 11.8 Å². The number of aromatic nitrogens is 2. The highest BCUT2D eigenvalue weighted by molar-refractivity contribution is 5.11. The van der Waals surface area contributed by atoms with E-state index in [9.17, 15) is 23.4 Å². The second-order valence-corrected chi connectivity index (χ2v) is 4.42.